The van der Waals surface area contributed by atoms with Gasteiger partial charge in [0.15, 0.2) is 48.8 Å². The third kappa shape index (κ3) is 12.1. The van der Waals surface area contributed by atoms with Crippen LogP contribution in [0.4, 0.5) is 0 Å². The summed E-state index contributed by atoms with van der Waals surface area (Å²) < 4.78 is 42.0. The summed E-state index contributed by atoms with van der Waals surface area (Å²) in [6.45, 7) is 12.0. The van der Waals surface area contributed by atoms with Crippen LogP contribution in [0.15, 0.2) is 0 Å². The number of carbonyl (C=O) groups excluding carboxylic acids is 8. The number of cyclic esters (lactones) is 8. The van der Waals surface area contributed by atoms with E-state index in [0.29, 0.717) is 0 Å². The quantitative estimate of drug-likeness (QED) is 0.265. The summed E-state index contributed by atoms with van der Waals surface area (Å²) >= 11 is 0. The lowest BCUT2D eigenvalue weighted by molar-refractivity contribution is -0.195. The Morgan fingerprint density at radius 1 is 0.250 bits per heavy atom. The third-order valence-electron chi connectivity index (χ3n) is 7.14. The van der Waals surface area contributed by atoms with Crippen LogP contribution in [-0.4, -0.2) is 96.6 Å². The number of carbonyl (C=O) groups is 8. The molecule has 0 aromatic carbocycles. The van der Waals surface area contributed by atoms with Crippen LogP contribution in [0, 0.1) is 0 Å². The molecule has 1 aliphatic rings. The highest BCUT2D eigenvalue weighted by atomic mass is 16.7. The predicted molar refractivity (Wildman–Crippen MR) is 161 cm³/mol. The molecule has 0 aromatic heterocycles. The van der Waals surface area contributed by atoms with Crippen molar-refractivity contribution in [2.24, 2.45) is 0 Å². The van der Waals surface area contributed by atoms with Crippen molar-refractivity contribution < 1.29 is 76.3 Å². The van der Waals surface area contributed by atoms with Crippen LogP contribution in [0.25, 0.3) is 0 Å². The minimum Gasteiger partial charge on any atom is -0.448 e. The summed E-state index contributed by atoms with van der Waals surface area (Å²) in [4.78, 5) is 103. The van der Waals surface area contributed by atoms with Gasteiger partial charge < -0.3 is 37.9 Å². The third-order valence-corrected chi connectivity index (χ3v) is 7.14. The van der Waals surface area contributed by atoms with Gasteiger partial charge in [0.25, 0.3) is 0 Å². The fourth-order valence-corrected chi connectivity index (χ4v) is 4.11. The Kier molecular flexibility index (Phi) is 18.2. The lowest BCUT2D eigenvalue weighted by Gasteiger charge is -2.25. The first kappa shape index (κ1) is 41.8. The van der Waals surface area contributed by atoms with Crippen molar-refractivity contribution in [3.05, 3.63) is 0 Å². The minimum absolute atomic E-state index is 0.0793. The molecule has 0 amide bonds. The number of hydrogen-bond donors (Lipinski definition) is 0. The number of hydrogen-bond acceptors (Lipinski definition) is 16. The molecular formula is C32H48O16. The summed E-state index contributed by atoms with van der Waals surface area (Å²) in [5.74, 6) is -8.77. The second-order valence-corrected chi connectivity index (χ2v) is 10.7. The van der Waals surface area contributed by atoms with E-state index in [4.69, 9.17) is 37.9 Å². The van der Waals surface area contributed by atoms with Gasteiger partial charge >= 0.3 is 47.8 Å². The van der Waals surface area contributed by atoms with Crippen molar-refractivity contribution >= 4 is 47.8 Å². The Bertz CT molecular complexity index is 885. The van der Waals surface area contributed by atoms with Gasteiger partial charge in [0.1, 0.15) is 0 Å². The maximum Gasteiger partial charge on any atom is 0.348 e. The Balaban J connectivity index is 3.48. The molecule has 8 atom stereocenters. The van der Waals surface area contributed by atoms with Crippen LogP contribution in [0.2, 0.25) is 0 Å². The first-order chi connectivity index (χ1) is 22.7. The molecule has 0 spiro atoms. The van der Waals surface area contributed by atoms with E-state index in [-0.39, 0.29) is 51.4 Å². The molecule has 1 heterocycles. The highest BCUT2D eigenvalue weighted by Crippen LogP contribution is 2.17. The molecule has 0 aliphatic carbocycles. The smallest absolute Gasteiger partial charge is 0.348 e. The zero-order valence-electron chi connectivity index (χ0n) is 28.8. The average Bonchev–Trinajstić information content (AvgIpc) is 3.08. The summed E-state index contributed by atoms with van der Waals surface area (Å²) in [7, 11) is 0. The van der Waals surface area contributed by atoms with Crippen molar-refractivity contribution in [1.29, 1.82) is 0 Å². The maximum absolute atomic E-state index is 12.9. The topological polar surface area (TPSA) is 210 Å². The SMILES string of the molecule is CCC1OC(=O)C(CC)OC(=O)C(CC)OC(=O)C(CC)OC(=O)C(CC)OC(=O)C(CC)OC(=O)C(CC)OC(=O)C(CC)OC1=O. The van der Waals surface area contributed by atoms with Crippen LogP contribution < -0.4 is 0 Å². The van der Waals surface area contributed by atoms with Gasteiger partial charge in [0, 0.05) is 0 Å². The molecule has 0 N–H and O–H groups in total. The zero-order chi connectivity index (χ0) is 36.6. The molecule has 16 nitrogen and oxygen atoms in total. The molecule has 1 rings (SSSR count). The van der Waals surface area contributed by atoms with Crippen molar-refractivity contribution in [3.63, 3.8) is 0 Å². The molecule has 16 heteroatoms. The van der Waals surface area contributed by atoms with Gasteiger partial charge in [-0.25, -0.2) is 38.4 Å². The lowest BCUT2D eigenvalue weighted by atomic mass is 10.2. The molecule has 0 bridgehead atoms. The average molecular weight is 689 g/mol. The van der Waals surface area contributed by atoms with E-state index < -0.39 is 96.6 Å². The summed E-state index contributed by atoms with van der Waals surface area (Å²) in [5.41, 5.74) is 0. The van der Waals surface area contributed by atoms with Gasteiger partial charge in [-0.3, -0.25) is 0 Å². The van der Waals surface area contributed by atoms with Crippen LogP contribution >= 0.6 is 0 Å². The normalized spacial score (nSPS) is 29.5. The van der Waals surface area contributed by atoms with E-state index in [9.17, 15) is 38.4 Å². The highest BCUT2D eigenvalue weighted by Gasteiger charge is 2.38. The van der Waals surface area contributed by atoms with Gasteiger partial charge in [-0.2, -0.15) is 0 Å². The lowest BCUT2D eigenvalue weighted by Crippen LogP contribution is -2.43. The van der Waals surface area contributed by atoms with E-state index in [1.54, 1.807) is 0 Å². The molecule has 48 heavy (non-hydrogen) atoms. The molecule has 0 radical (unpaired) electrons. The standard InChI is InChI=1S/C32H48O16/c1-9-17-25(33)42-19(11-3)27(35)44-21(13-5)29(37)46-23(15-7)31(39)48-24(16-8)32(40)47-22(14-6)30(38)45-20(12-4)28(36)43-18(10-2)26(34)41-17/h17-24H,9-16H2,1-8H3. The summed E-state index contributed by atoms with van der Waals surface area (Å²) in [6, 6.07) is 0. The van der Waals surface area contributed by atoms with E-state index >= 15 is 0 Å². The minimum atomic E-state index is -1.51. The first-order valence-corrected chi connectivity index (χ1v) is 16.4. The highest BCUT2D eigenvalue weighted by molar-refractivity contribution is 5.89. The molecule has 1 aliphatic heterocycles. The fourth-order valence-electron chi connectivity index (χ4n) is 4.11. The molecule has 8 unspecified atom stereocenters. The monoisotopic (exact) mass is 688 g/mol. The van der Waals surface area contributed by atoms with Gasteiger partial charge in [-0.1, -0.05) is 55.4 Å². The van der Waals surface area contributed by atoms with Crippen LogP contribution in [0.3, 0.4) is 0 Å². The van der Waals surface area contributed by atoms with Crippen LogP contribution in [0.5, 0.6) is 0 Å². The van der Waals surface area contributed by atoms with Crippen molar-refractivity contribution in [3.8, 4) is 0 Å². The molecule has 1 saturated heterocycles. The first-order valence-electron chi connectivity index (χ1n) is 16.4. The molecule has 1 fully saturated rings. The van der Waals surface area contributed by atoms with E-state index in [0.717, 1.165) is 0 Å². The van der Waals surface area contributed by atoms with Crippen molar-refractivity contribution in [2.45, 2.75) is 156 Å². The maximum atomic E-state index is 12.9. The van der Waals surface area contributed by atoms with Gasteiger partial charge in [-0.05, 0) is 51.4 Å². The molecule has 0 saturated carbocycles. The number of rotatable bonds is 8. The molecular weight excluding hydrogens is 640 g/mol. The predicted octanol–water partition coefficient (Wildman–Crippen LogP) is 2.57. The van der Waals surface area contributed by atoms with Gasteiger partial charge in [0.2, 0.25) is 0 Å². The van der Waals surface area contributed by atoms with Crippen LogP contribution in [-0.2, 0) is 76.3 Å². The van der Waals surface area contributed by atoms with E-state index in [1.807, 2.05) is 0 Å². The van der Waals surface area contributed by atoms with E-state index in [2.05, 4.69) is 0 Å². The largest absolute Gasteiger partial charge is 0.448 e. The Morgan fingerprint density at radius 2 is 0.333 bits per heavy atom. The molecule has 0 aromatic rings. The zero-order valence-corrected chi connectivity index (χ0v) is 28.8. The molecule has 272 valence electrons. The second-order valence-electron chi connectivity index (χ2n) is 10.7. The number of ether oxygens (including phenoxy) is 8. The Labute approximate surface area is 279 Å². The van der Waals surface area contributed by atoms with Crippen molar-refractivity contribution in [2.75, 3.05) is 0 Å². The van der Waals surface area contributed by atoms with Crippen LogP contribution in [0.1, 0.15) is 107 Å². The fraction of sp³-hybridized carbons (Fsp3) is 0.750. The summed E-state index contributed by atoms with van der Waals surface area (Å²) in [5, 5.41) is 0. The Morgan fingerprint density at radius 3 is 0.396 bits per heavy atom. The van der Waals surface area contributed by atoms with Gasteiger partial charge in [-0.15, -0.1) is 0 Å². The van der Waals surface area contributed by atoms with Gasteiger partial charge in [0.05, 0.1) is 0 Å². The number of esters is 8. The second kappa shape index (κ2) is 20.9. The van der Waals surface area contributed by atoms with E-state index in [1.165, 1.54) is 55.4 Å². The Hall–Kier alpha value is -4.24. The summed E-state index contributed by atoms with van der Waals surface area (Å²) in [6.07, 6.45) is -12.7. The van der Waals surface area contributed by atoms with Crippen molar-refractivity contribution in [1.82, 2.24) is 0 Å².